The number of rotatable bonds is 1. The average molecular weight is 263 g/mol. The minimum Gasteiger partial charge on any atom is -0.319 e. The number of nitrogens with two attached hydrogens (primary N) is 1. The maximum absolute atomic E-state index is 13.4. The van der Waals surface area contributed by atoms with E-state index in [4.69, 9.17) is 5.73 Å². The second-order valence-corrected chi connectivity index (χ2v) is 4.36. The van der Waals surface area contributed by atoms with E-state index < -0.39 is 17.2 Å². The molecular formula is C9H9BrF2N2. The zero-order valence-corrected chi connectivity index (χ0v) is 8.87. The van der Waals surface area contributed by atoms with Crippen LogP contribution in [0.5, 0.6) is 0 Å². The number of benzene rings is 1. The monoisotopic (exact) mass is 262 g/mol. The molecule has 0 aliphatic carbocycles. The highest BCUT2D eigenvalue weighted by Gasteiger charge is 2.37. The van der Waals surface area contributed by atoms with Gasteiger partial charge in [-0.05, 0) is 22.0 Å². The predicted molar refractivity (Wildman–Crippen MR) is 52.8 cm³/mol. The molecule has 0 spiro atoms. The van der Waals surface area contributed by atoms with Crippen molar-refractivity contribution in [1.29, 1.82) is 0 Å². The second-order valence-electron chi connectivity index (χ2n) is 3.51. The Kier molecular flexibility index (Phi) is 2.33. The maximum Gasteiger partial charge on any atom is 0.140 e. The summed E-state index contributed by atoms with van der Waals surface area (Å²) >= 11 is 3.01. The summed E-state index contributed by atoms with van der Waals surface area (Å²) in [5.41, 5.74) is 5.56. The molecule has 0 saturated carbocycles. The van der Waals surface area contributed by atoms with Crippen LogP contribution in [0.1, 0.15) is 5.56 Å². The Morgan fingerprint density at radius 3 is 2.43 bits per heavy atom. The van der Waals surface area contributed by atoms with Crippen LogP contribution < -0.4 is 11.1 Å². The molecule has 5 heteroatoms. The zero-order valence-electron chi connectivity index (χ0n) is 7.28. The van der Waals surface area contributed by atoms with Gasteiger partial charge in [0.2, 0.25) is 0 Å². The largest absolute Gasteiger partial charge is 0.319 e. The van der Waals surface area contributed by atoms with E-state index in [2.05, 4.69) is 21.2 Å². The second kappa shape index (κ2) is 3.25. The number of nitrogens with one attached hydrogen (secondary N) is 1. The summed E-state index contributed by atoms with van der Waals surface area (Å²) in [6.45, 7) is 1.03. The third-order valence-corrected chi connectivity index (χ3v) is 3.03. The van der Waals surface area contributed by atoms with Crippen molar-refractivity contribution >= 4 is 15.9 Å². The fourth-order valence-corrected chi connectivity index (χ4v) is 1.83. The summed E-state index contributed by atoms with van der Waals surface area (Å²) < 4.78 is 26.5. The lowest BCUT2D eigenvalue weighted by Gasteiger charge is -2.39. The average Bonchev–Trinajstić information content (AvgIpc) is 2.07. The molecule has 1 aliphatic heterocycles. The van der Waals surface area contributed by atoms with Crippen LogP contribution >= 0.6 is 15.9 Å². The maximum atomic E-state index is 13.4. The molecule has 2 nitrogen and oxygen atoms in total. The fraction of sp³-hybridized carbons (Fsp3) is 0.333. The van der Waals surface area contributed by atoms with Gasteiger partial charge in [-0.3, -0.25) is 0 Å². The Bertz CT molecular complexity index is 377. The number of hydrogen-bond acceptors (Lipinski definition) is 2. The van der Waals surface area contributed by atoms with Crippen LogP contribution in [0.4, 0.5) is 8.78 Å². The van der Waals surface area contributed by atoms with E-state index in [0.717, 1.165) is 6.07 Å². The van der Waals surface area contributed by atoms with Crippen molar-refractivity contribution in [2.75, 3.05) is 13.1 Å². The van der Waals surface area contributed by atoms with Crippen LogP contribution in [0.25, 0.3) is 0 Å². The van der Waals surface area contributed by atoms with Gasteiger partial charge in [-0.25, -0.2) is 8.78 Å². The molecule has 1 heterocycles. The first kappa shape index (κ1) is 10.0. The van der Waals surface area contributed by atoms with Crippen molar-refractivity contribution in [1.82, 2.24) is 5.32 Å². The predicted octanol–water partition coefficient (Wildman–Crippen LogP) is 1.48. The first-order chi connectivity index (χ1) is 6.53. The molecule has 1 aliphatic rings. The van der Waals surface area contributed by atoms with Crippen LogP contribution in [0, 0.1) is 11.6 Å². The Hall–Kier alpha value is -0.520. The van der Waals surface area contributed by atoms with Crippen LogP contribution in [0.2, 0.25) is 0 Å². The molecule has 0 unspecified atom stereocenters. The molecular weight excluding hydrogens is 254 g/mol. The molecule has 3 N–H and O–H groups in total. The Labute approximate surface area is 88.6 Å². The third-order valence-electron chi connectivity index (χ3n) is 2.43. The molecule has 1 aromatic carbocycles. The Morgan fingerprint density at radius 1 is 1.29 bits per heavy atom. The van der Waals surface area contributed by atoms with E-state index in [1.54, 1.807) is 0 Å². The Morgan fingerprint density at radius 2 is 1.93 bits per heavy atom. The molecule has 1 saturated heterocycles. The van der Waals surface area contributed by atoms with Gasteiger partial charge in [-0.2, -0.15) is 0 Å². The van der Waals surface area contributed by atoms with Crippen molar-refractivity contribution in [3.05, 3.63) is 33.8 Å². The highest BCUT2D eigenvalue weighted by Crippen LogP contribution is 2.29. The van der Waals surface area contributed by atoms with Gasteiger partial charge in [0.05, 0.1) is 10.0 Å². The normalized spacial score (nSPS) is 19.1. The highest BCUT2D eigenvalue weighted by atomic mass is 79.9. The van der Waals surface area contributed by atoms with E-state index >= 15 is 0 Å². The number of hydrogen-bond donors (Lipinski definition) is 2. The summed E-state index contributed by atoms with van der Waals surface area (Å²) in [6, 6.07) is 2.26. The van der Waals surface area contributed by atoms with Gasteiger partial charge in [0.15, 0.2) is 0 Å². The SMILES string of the molecule is NC1(c2cc(Br)c(F)cc2F)CNC1. The minimum atomic E-state index is -0.694. The lowest BCUT2D eigenvalue weighted by molar-refractivity contribution is 0.277. The minimum absolute atomic E-state index is 0.241. The van der Waals surface area contributed by atoms with E-state index in [1.807, 2.05) is 0 Å². The van der Waals surface area contributed by atoms with Crippen LogP contribution in [0.3, 0.4) is 0 Å². The van der Waals surface area contributed by atoms with Gasteiger partial charge in [-0.1, -0.05) is 0 Å². The zero-order chi connectivity index (χ0) is 10.3. The van der Waals surface area contributed by atoms with Gasteiger partial charge in [0.1, 0.15) is 11.6 Å². The quantitative estimate of drug-likeness (QED) is 0.753. The van der Waals surface area contributed by atoms with Crippen LogP contribution in [-0.4, -0.2) is 13.1 Å². The summed E-state index contributed by atoms with van der Waals surface area (Å²) in [5, 5.41) is 2.96. The van der Waals surface area contributed by atoms with E-state index in [1.165, 1.54) is 6.07 Å². The molecule has 76 valence electrons. The standard InChI is InChI=1S/C9H9BrF2N2/c10-6-1-5(7(11)2-8(6)12)9(13)3-14-4-9/h1-2,14H,3-4,13H2. The summed E-state index contributed by atoms with van der Waals surface area (Å²) in [4.78, 5) is 0. The van der Waals surface area contributed by atoms with E-state index in [0.29, 0.717) is 18.7 Å². The topological polar surface area (TPSA) is 38.0 Å². The smallest absolute Gasteiger partial charge is 0.140 e. The van der Waals surface area contributed by atoms with Crippen LogP contribution in [-0.2, 0) is 5.54 Å². The lowest BCUT2D eigenvalue weighted by atomic mass is 9.85. The molecule has 2 rings (SSSR count). The Balaban J connectivity index is 2.48. The van der Waals surface area contributed by atoms with Crippen molar-refractivity contribution in [2.45, 2.75) is 5.54 Å². The van der Waals surface area contributed by atoms with Gasteiger partial charge < -0.3 is 11.1 Å². The van der Waals surface area contributed by atoms with Crippen molar-refractivity contribution in [3.63, 3.8) is 0 Å². The molecule has 0 bridgehead atoms. The van der Waals surface area contributed by atoms with Crippen molar-refractivity contribution in [2.24, 2.45) is 5.73 Å². The lowest BCUT2D eigenvalue weighted by Crippen LogP contribution is -2.63. The van der Waals surface area contributed by atoms with E-state index in [-0.39, 0.29) is 4.47 Å². The molecule has 1 fully saturated rings. The molecule has 1 aromatic rings. The summed E-state index contributed by atoms with van der Waals surface area (Å²) in [6.07, 6.45) is 0. The van der Waals surface area contributed by atoms with Gasteiger partial charge in [0, 0.05) is 24.7 Å². The third kappa shape index (κ3) is 1.45. The van der Waals surface area contributed by atoms with Gasteiger partial charge in [-0.15, -0.1) is 0 Å². The molecule has 14 heavy (non-hydrogen) atoms. The summed E-state index contributed by atoms with van der Waals surface area (Å²) in [7, 11) is 0. The first-order valence-electron chi connectivity index (χ1n) is 4.17. The van der Waals surface area contributed by atoms with Gasteiger partial charge in [0.25, 0.3) is 0 Å². The fourth-order valence-electron chi connectivity index (χ4n) is 1.49. The molecule has 0 atom stereocenters. The summed E-state index contributed by atoms with van der Waals surface area (Å²) in [5.74, 6) is -1.20. The first-order valence-corrected chi connectivity index (χ1v) is 4.97. The van der Waals surface area contributed by atoms with Crippen LogP contribution in [0.15, 0.2) is 16.6 Å². The van der Waals surface area contributed by atoms with Gasteiger partial charge >= 0.3 is 0 Å². The van der Waals surface area contributed by atoms with Crippen molar-refractivity contribution < 1.29 is 8.78 Å². The number of halogens is 3. The molecule has 0 amide bonds. The highest BCUT2D eigenvalue weighted by molar-refractivity contribution is 9.10. The van der Waals surface area contributed by atoms with Crippen molar-refractivity contribution in [3.8, 4) is 0 Å². The molecule has 0 aromatic heterocycles. The van der Waals surface area contributed by atoms with E-state index in [9.17, 15) is 8.78 Å². The molecule has 0 radical (unpaired) electrons.